The fourth-order valence-corrected chi connectivity index (χ4v) is 3.90. The van der Waals surface area contributed by atoms with E-state index in [-0.39, 0.29) is 11.7 Å². The second kappa shape index (κ2) is 5.92. The first-order valence-corrected chi connectivity index (χ1v) is 7.80. The van der Waals surface area contributed by atoms with Crippen molar-refractivity contribution in [1.29, 1.82) is 0 Å². The van der Waals surface area contributed by atoms with Crippen LogP contribution >= 0.6 is 0 Å². The molecule has 0 amide bonds. The van der Waals surface area contributed by atoms with E-state index in [0.717, 1.165) is 24.7 Å². The molecule has 0 radical (unpaired) electrons. The molecule has 0 heterocycles. The lowest BCUT2D eigenvalue weighted by atomic mass is 9.69. The molecule has 106 valence electrons. The Morgan fingerprint density at radius 2 is 1.44 bits per heavy atom. The van der Waals surface area contributed by atoms with E-state index in [9.17, 15) is 5.11 Å². The van der Waals surface area contributed by atoms with Gasteiger partial charge in [0.05, 0.1) is 11.7 Å². The van der Waals surface area contributed by atoms with Crippen LogP contribution in [0.3, 0.4) is 0 Å². The van der Waals surface area contributed by atoms with Gasteiger partial charge < -0.3 is 9.84 Å². The lowest BCUT2D eigenvalue weighted by Gasteiger charge is -2.45. The molecular weight excluding hydrogens is 224 g/mol. The van der Waals surface area contributed by atoms with Gasteiger partial charge in [-0.3, -0.25) is 0 Å². The van der Waals surface area contributed by atoms with Crippen molar-refractivity contribution in [2.75, 3.05) is 7.11 Å². The number of methoxy groups -OCH3 is 1. The van der Waals surface area contributed by atoms with E-state index in [2.05, 4.69) is 13.8 Å². The molecule has 2 aliphatic carbocycles. The molecule has 1 N–H and O–H groups in total. The van der Waals surface area contributed by atoms with Crippen molar-refractivity contribution < 1.29 is 9.84 Å². The lowest BCUT2D eigenvalue weighted by Crippen LogP contribution is -2.50. The standard InChI is InChI=1S/C16H30O2/c1-12-4-6-14(7-5-12)15(17)16(18-3)10-8-13(2)9-11-16/h12-15,17H,4-11H2,1-3H3. The molecule has 2 saturated carbocycles. The van der Waals surface area contributed by atoms with Gasteiger partial charge in [-0.2, -0.15) is 0 Å². The number of aliphatic hydroxyl groups is 1. The Morgan fingerprint density at radius 3 is 1.94 bits per heavy atom. The summed E-state index contributed by atoms with van der Waals surface area (Å²) in [5, 5.41) is 10.8. The molecule has 0 aromatic carbocycles. The summed E-state index contributed by atoms with van der Waals surface area (Å²) in [4.78, 5) is 0. The lowest BCUT2D eigenvalue weighted by molar-refractivity contribution is -0.151. The van der Waals surface area contributed by atoms with Gasteiger partial charge in [-0.1, -0.05) is 26.7 Å². The zero-order valence-electron chi connectivity index (χ0n) is 12.3. The molecule has 2 nitrogen and oxygen atoms in total. The van der Waals surface area contributed by atoms with E-state index in [1.165, 1.54) is 38.5 Å². The highest BCUT2D eigenvalue weighted by atomic mass is 16.5. The molecule has 0 aromatic rings. The van der Waals surface area contributed by atoms with Gasteiger partial charge in [-0.15, -0.1) is 0 Å². The van der Waals surface area contributed by atoms with Crippen molar-refractivity contribution in [3.63, 3.8) is 0 Å². The van der Waals surface area contributed by atoms with Crippen molar-refractivity contribution in [1.82, 2.24) is 0 Å². The van der Waals surface area contributed by atoms with Gasteiger partial charge >= 0.3 is 0 Å². The highest BCUT2D eigenvalue weighted by Gasteiger charge is 2.44. The Morgan fingerprint density at radius 1 is 0.944 bits per heavy atom. The van der Waals surface area contributed by atoms with Crippen LogP contribution in [0.5, 0.6) is 0 Å². The van der Waals surface area contributed by atoms with Gasteiger partial charge in [0.1, 0.15) is 0 Å². The largest absolute Gasteiger partial charge is 0.390 e. The van der Waals surface area contributed by atoms with E-state index >= 15 is 0 Å². The van der Waals surface area contributed by atoms with Crippen LogP contribution in [0, 0.1) is 17.8 Å². The molecule has 0 spiro atoms. The number of rotatable bonds is 3. The van der Waals surface area contributed by atoms with E-state index in [4.69, 9.17) is 4.74 Å². The predicted molar refractivity (Wildman–Crippen MR) is 74.5 cm³/mol. The van der Waals surface area contributed by atoms with E-state index in [1.54, 1.807) is 7.11 Å². The van der Waals surface area contributed by atoms with Gasteiger partial charge in [0.25, 0.3) is 0 Å². The molecule has 0 saturated heterocycles. The Labute approximate surface area is 112 Å². The summed E-state index contributed by atoms with van der Waals surface area (Å²) in [6.07, 6.45) is 9.15. The van der Waals surface area contributed by atoms with Gasteiger partial charge in [0.15, 0.2) is 0 Å². The van der Waals surface area contributed by atoms with Crippen LogP contribution in [0.15, 0.2) is 0 Å². The summed E-state index contributed by atoms with van der Waals surface area (Å²) in [7, 11) is 1.80. The molecule has 2 heteroatoms. The average Bonchev–Trinajstić information content (AvgIpc) is 2.40. The minimum Gasteiger partial charge on any atom is -0.390 e. The maximum Gasteiger partial charge on any atom is 0.0939 e. The third-order valence-electron chi connectivity index (χ3n) is 5.57. The van der Waals surface area contributed by atoms with Crippen LogP contribution in [0.2, 0.25) is 0 Å². The molecule has 1 unspecified atom stereocenters. The Balaban J connectivity index is 1.98. The molecule has 2 aliphatic rings. The van der Waals surface area contributed by atoms with Crippen molar-refractivity contribution in [2.24, 2.45) is 17.8 Å². The molecule has 18 heavy (non-hydrogen) atoms. The van der Waals surface area contributed by atoms with Gasteiger partial charge in [0, 0.05) is 7.11 Å². The smallest absolute Gasteiger partial charge is 0.0939 e. The van der Waals surface area contributed by atoms with E-state index in [0.29, 0.717) is 5.92 Å². The van der Waals surface area contributed by atoms with Gasteiger partial charge in [-0.25, -0.2) is 0 Å². The van der Waals surface area contributed by atoms with Crippen LogP contribution in [0.1, 0.15) is 65.2 Å². The van der Waals surface area contributed by atoms with Crippen molar-refractivity contribution in [2.45, 2.75) is 76.9 Å². The minimum absolute atomic E-state index is 0.238. The summed E-state index contributed by atoms with van der Waals surface area (Å²) in [6, 6.07) is 0. The maximum atomic E-state index is 10.8. The number of hydrogen-bond acceptors (Lipinski definition) is 2. The zero-order valence-corrected chi connectivity index (χ0v) is 12.3. The monoisotopic (exact) mass is 254 g/mol. The number of aliphatic hydroxyl groups excluding tert-OH is 1. The van der Waals surface area contributed by atoms with Gasteiger partial charge in [-0.05, 0) is 56.3 Å². The first-order chi connectivity index (χ1) is 8.57. The normalized spacial score (nSPS) is 43.7. The van der Waals surface area contributed by atoms with E-state index < -0.39 is 0 Å². The van der Waals surface area contributed by atoms with Gasteiger partial charge in [0.2, 0.25) is 0 Å². The van der Waals surface area contributed by atoms with Crippen LogP contribution < -0.4 is 0 Å². The van der Waals surface area contributed by atoms with Crippen molar-refractivity contribution in [3.8, 4) is 0 Å². The molecular formula is C16H30O2. The number of ether oxygens (including phenoxy) is 1. The van der Waals surface area contributed by atoms with Crippen LogP contribution in [0.25, 0.3) is 0 Å². The Hall–Kier alpha value is -0.0800. The van der Waals surface area contributed by atoms with Crippen molar-refractivity contribution in [3.05, 3.63) is 0 Å². The second-order valence-electron chi connectivity index (χ2n) is 6.92. The first kappa shape index (κ1) is 14.3. The molecule has 2 fully saturated rings. The highest BCUT2D eigenvalue weighted by molar-refractivity contribution is 4.96. The Bertz CT molecular complexity index is 248. The SMILES string of the molecule is COC1(C(O)C2CCC(C)CC2)CCC(C)CC1. The quantitative estimate of drug-likeness (QED) is 0.830. The summed E-state index contributed by atoms with van der Waals surface area (Å²) < 4.78 is 5.82. The Kier molecular flexibility index (Phi) is 4.71. The van der Waals surface area contributed by atoms with Crippen LogP contribution in [0.4, 0.5) is 0 Å². The molecule has 0 aliphatic heterocycles. The van der Waals surface area contributed by atoms with Crippen LogP contribution in [-0.4, -0.2) is 23.9 Å². The molecule has 0 aromatic heterocycles. The predicted octanol–water partition coefficient (Wildman–Crippen LogP) is 3.77. The van der Waals surface area contributed by atoms with Crippen LogP contribution in [-0.2, 0) is 4.74 Å². The fraction of sp³-hybridized carbons (Fsp3) is 1.00. The summed E-state index contributed by atoms with van der Waals surface area (Å²) >= 11 is 0. The third-order valence-corrected chi connectivity index (χ3v) is 5.57. The summed E-state index contributed by atoms with van der Waals surface area (Å²) in [5.74, 6) is 2.11. The minimum atomic E-state index is -0.248. The third kappa shape index (κ3) is 2.91. The molecule has 0 bridgehead atoms. The summed E-state index contributed by atoms with van der Waals surface area (Å²) in [6.45, 7) is 4.64. The van der Waals surface area contributed by atoms with Crippen molar-refractivity contribution >= 4 is 0 Å². The maximum absolute atomic E-state index is 10.8. The average molecular weight is 254 g/mol. The number of hydrogen-bond donors (Lipinski definition) is 1. The second-order valence-corrected chi connectivity index (χ2v) is 6.92. The topological polar surface area (TPSA) is 29.5 Å². The molecule has 1 atom stereocenters. The molecule has 2 rings (SSSR count). The zero-order chi connectivity index (χ0) is 13.2. The highest BCUT2D eigenvalue weighted by Crippen LogP contribution is 2.42. The summed E-state index contributed by atoms with van der Waals surface area (Å²) in [5.41, 5.74) is -0.238. The van der Waals surface area contributed by atoms with E-state index in [1.807, 2.05) is 0 Å². The fourth-order valence-electron chi connectivity index (χ4n) is 3.90. The first-order valence-electron chi connectivity index (χ1n) is 7.80.